The molecule has 7 heteroatoms. The van der Waals surface area contributed by atoms with Crippen LogP contribution in [0.25, 0.3) is 5.69 Å². The Bertz CT molecular complexity index is 648. The molecule has 116 valence electrons. The lowest BCUT2D eigenvalue weighted by Crippen LogP contribution is -2.36. The van der Waals surface area contributed by atoms with Gasteiger partial charge in [-0.25, -0.2) is 4.68 Å². The Morgan fingerprint density at radius 1 is 1.27 bits per heavy atom. The number of aromatic nitrogens is 3. The molecule has 1 aliphatic heterocycles. The predicted octanol–water partition coefficient (Wildman–Crippen LogP) is 2.33. The fraction of sp³-hybridized carbons (Fsp3) is 0.400. The number of benzene rings is 1. The molecule has 0 amide bonds. The molecule has 0 saturated carbocycles. The number of rotatable bonds is 4. The Labute approximate surface area is 136 Å². The summed E-state index contributed by atoms with van der Waals surface area (Å²) in [4.78, 5) is 13.3. The molecule has 0 unspecified atom stereocenters. The van der Waals surface area contributed by atoms with Crippen molar-refractivity contribution in [1.29, 1.82) is 0 Å². The molecule has 6 nitrogen and oxygen atoms in total. The normalized spacial score (nSPS) is 16.8. The number of nitrogens with zero attached hydrogens (tertiary/aromatic N) is 4. The minimum atomic E-state index is -0.679. The first kappa shape index (κ1) is 15.2. The number of aliphatic carboxylic acids is 1. The van der Waals surface area contributed by atoms with Crippen LogP contribution in [0.2, 0.25) is 0 Å². The Kier molecular flexibility index (Phi) is 4.54. The SMILES string of the molecule is O=C(O)C1CCN(Cc2cnnn2-c2ccc(Br)cc2)CC1. The molecule has 1 aromatic heterocycles. The van der Waals surface area contributed by atoms with Crippen molar-refractivity contribution < 1.29 is 9.90 Å². The van der Waals surface area contributed by atoms with Gasteiger partial charge in [0.25, 0.3) is 0 Å². The van der Waals surface area contributed by atoms with Crippen LogP contribution in [0.3, 0.4) is 0 Å². The molecule has 22 heavy (non-hydrogen) atoms. The summed E-state index contributed by atoms with van der Waals surface area (Å²) in [7, 11) is 0. The summed E-state index contributed by atoms with van der Waals surface area (Å²) in [5, 5.41) is 17.2. The quantitative estimate of drug-likeness (QED) is 0.901. The maximum absolute atomic E-state index is 11.0. The molecule has 0 atom stereocenters. The minimum Gasteiger partial charge on any atom is -0.481 e. The fourth-order valence-corrected chi connectivity index (χ4v) is 3.00. The van der Waals surface area contributed by atoms with Crippen LogP contribution in [0.15, 0.2) is 34.9 Å². The van der Waals surface area contributed by atoms with Gasteiger partial charge in [-0.05, 0) is 50.2 Å². The summed E-state index contributed by atoms with van der Waals surface area (Å²) in [6.45, 7) is 2.32. The Hall–Kier alpha value is -1.73. The van der Waals surface area contributed by atoms with Crippen molar-refractivity contribution in [2.45, 2.75) is 19.4 Å². The number of carbonyl (C=O) groups is 1. The predicted molar refractivity (Wildman–Crippen MR) is 84.7 cm³/mol. The average molecular weight is 365 g/mol. The van der Waals surface area contributed by atoms with Crippen LogP contribution in [0.1, 0.15) is 18.5 Å². The van der Waals surface area contributed by atoms with Crippen LogP contribution < -0.4 is 0 Å². The summed E-state index contributed by atoms with van der Waals surface area (Å²) in [6, 6.07) is 7.91. The van der Waals surface area contributed by atoms with Gasteiger partial charge in [-0.15, -0.1) is 5.10 Å². The Balaban J connectivity index is 1.68. The first-order chi connectivity index (χ1) is 10.6. The van der Waals surface area contributed by atoms with E-state index in [9.17, 15) is 4.79 Å². The van der Waals surface area contributed by atoms with Gasteiger partial charge in [0.05, 0.1) is 23.5 Å². The maximum Gasteiger partial charge on any atom is 0.306 e. The van der Waals surface area contributed by atoms with Crippen LogP contribution in [-0.2, 0) is 11.3 Å². The van der Waals surface area contributed by atoms with Crippen LogP contribution in [0.4, 0.5) is 0 Å². The molecule has 1 aliphatic rings. The van der Waals surface area contributed by atoms with Crippen molar-refractivity contribution in [3.63, 3.8) is 0 Å². The summed E-state index contributed by atoms with van der Waals surface area (Å²) in [6.07, 6.45) is 3.18. The second-order valence-corrected chi connectivity index (χ2v) is 6.42. The molecule has 2 heterocycles. The number of carboxylic acids is 1. The molecule has 2 aromatic rings. The second-order valence-electron chi connectivity index (χ2n) is 5.50. The first-order valence-corrected chi connectivity index (χ1v) is 8.03. The molecule has 1 N–H and O–H groups in total. The molecule has 3 rings (SSSR count). The zero-order valence-corrected chi connectivity index (χ0v) is 13.6. The molecule has 1 fully saturated rings. The lowest BCUT2D eigenvalue weighted by molar-refractivity contribution is -0.143. The van der Waals surface area contributed by atoms with Crippen LogP contribution in [0.5, 0.6) is 0 Å². The van der Waals surface area contributed by atoms with E-state index in [1.54, 1.807) is 6.20 Å². The zero-order chi connectivity index (χ0) is 15.5. The number of hydrogen-bond donors (Lipinski definition) is 1. The molecule has 1 saturated heterocycles. The standard InChI is InChI=1S/C15H17BrN4O2/c16-12-1-3-13(4-2-12)20-14(9-17-18-20)10-19-7-5-11(6-8-19)15(21)22/h1-4,9,11H,5-8,10H2,(H,21,22). The van der Waals surface area contributed by atoms with Gasteiger partial charge in [-0.1, -0.05) is 21.1 Å². The zero-order valence-electron chi connectivity index (χ0n) is 12.0. The number of likely N-dealkylation sites (tertiary alicyclic amines) is 1. The summed E-state index contributed by atoms with van der Waals surface area (Å²) >= 11 is 3.42. The molecular formula is C15H17BrN4O2. The van der Waals surface area contributed by atoms with E-state index in [2.05, 4.69) is 31.1 Å². The summed E-state index contributed by atoms with van der Waals surface area (Å²) in [5.41, 5.74) is 1.98. The van der Waals surface area contributed by atoms with Crippen molar-refractivity contribution in [3.8, 4) is 5.69 Å². The minimum absolute atomic E-state index is 0.203. The van der Waals surface area contributed by atoms with Crippen LogP contribution in [-0.4, -0.2) is 44.1 Å². The van der Waals surface area contributed by atoms with Crippen molar-refractivity contribution in [2.75, 3.05) is 13.1 Å². The highest BCUT2D eigenvalue weighted by molar-refractivity contribution is 9.10. The van der Waals surface area contributed by atoms with E-state index in [1.165, 1.54) is 0 Å². The lowest BCUT2D eigenvalue weighted by Gasteiger charge is -2.29. The third-order valence-electron chi connectivity index (χ3n) is 4.01. The van der Waals surface area contributed by atoms with E-state index < -0.39 is 5.97 Å². The highest BCUT2D eigenvalue weighted by Gasteiger charge is 2.25. The Morgan fingerprint density at radius 2 is 1.95 bits per heavy atom. The highest BCUT2D eigenvalue weighted by Crippen LogP contribution is 2.20. The molecule has 0 radical (unpaired) electrons. The van der Waals surface area contributed by atoms with Crippen LogP contribution >= 0.6 is 15.9 Å². The molecular weight excluding hydrogens is 348 g/mol. The largest absolute Gasteiger partial charge is 0.481 e. The van der Waals surface area contributed by atoms with E-state index in [0.29, 0.717) is 12.8 Å². The molecule has 0 spiro atoms. The van der Waals surface area contributed by atoms with Gasteiger partial charge in [0.15, 0.2) is 0 Å². The van der Waals surface area contributed by atoms with E-state index in [-0.39, 0.29) is 5.92 Å². The maximum atomic E-state index is 11.0. The number of piperidine rings is 1. The van der Waals surface area contributed by atoms with Gasteiger partial charge in [0.1, 0.15) is 0 Å². The smallest absolute Gasteiger partial charge is 0.306 e. The number of carboxylic acid groups (broad SMARTS) is 1. The fourth-order valence-electron chi connectivity index (χ4n) is 2.73. The molecule has 0 bridgehead atoms. The van der Waals surface area contributed by atoms with Gasteiger partial charge >= 0.3 is 5.97 Å². The van der Waals surface area contributed by atoms with E-state index in [0.717, 1.165) is 35.5 Å². The van der Waals surface area contributed by atoms with E-state index in [4.69, 9.17) is 5.11 Å². The monoisotopic (exact) mass is 364 g/mol. The van der Waals surface area contributed by atoms with Crippen molar-refractivity contribution >= 4 is 21.9 Å². The second kappa shape index (κ2) is 6.58. The Morgan fingerprint density at radius 3 is 2.59 bits per heavy atom. The van der Waals surface area contributed by atoms with Gasteiger partial charge < -0.3 is 5.11 Å². The van der Waals surface area contributed by atoms with Gasteiger partial charge in [-0.3, -0.25) is 9.69 Å². The number of halogens is 1. The summed E-state index contributed by atoms with van der Waals surface area (Å²) < 4.78 is 2.85. The van der Waals surface area contributed by atoms with E-state index >= 15 is 0 Å². The van der Waals surface area contributed by atoms with Crippen molar-refractivity contribution in [1.82, 2.24) is 19.9 Å². The topological polar surface area (TPSA) is 71.2 Å². The van der Waals surface area contributed by atoms with Crippen molar-refractivity contribution in [3.05, 3.63) is 40.6 Å². The van der Waals surface area contributed by atoms with Crippen molar-refractivity contribution in [2.24, 2.45) is 5.92 Å². The first-order valence-electron chi connectivity index (χ1n) is 7.24. The summed E-state index contributed by atoms with van der Waals surface area (Å²) in [5.74, 6) is -0.882. The lowest BCUT2D eigenvalue weighted by atomic mass is 9.97. The van der Waals surface area contributed by atoms with Gasteiger partial charge in [0, 0.05) is 11.0 Å². The molecule has 1 aromatic carbocycles. The third-order valence-corrected chi connectivity index (χ3v) is 4.54. The van der Waals surface area contributed by atoms with E-state index in [1.807, 2.05) is 28.9 Å². The highest BCUT2D eigenvalue weighted by atomic mass is 79.9. The van der Waals surface area contributed by atoms with Gasteiger partial charge in [-0.2, -0.15) is 0 Å². The number of hydrogen-bond acceptors (Lipinski definition) is 4. The molecule has 0 aliphatic carbocycles. The van der Waals surface area contributed by atoms with Gasteiger partial charge in [0.2, 0.25) is 0 Å². The van der Waals surface area contributed by atoms with Crippen LogP contribution in [0, 0.1) is 5.92 Å². The average Bonchev–Trinajstić information content (AvgIpc) is 2.97. The third kappa shape index (κ3) is 3.36.